The highest BCUT2D eigenvalue weighted by atomic mass is 16.5. The Balaban J connectivity index is 2.17. The van der Waals surface area contributed by atoms with E-state index in [1.165, 1.54) is 5.56 Å². The molecular formula is C12H14O2. The highest BCUT2D eigenvalue weighted by Crippen LogP contribution is 2.32. The third kappa shape index (κ3) is 1.74. The Morgan fingerprint density at radius 2 is 2.00 bits per heavy atom. The Kier molecular flexibility index (Phi) is 2.44. The third-order valence-corrected chi connectivity index (χ3v) is 2.54. The van der Waals surface area contributed by atoms with Crippen LogP contribution >= 0.6 is 0 Å². The van der Waals surface area contributed by atoms with Crippen LogP contribution in [-0.4, -0.2) is 5.11 Å². The van der Waals surface area contributed by atoms with Gasteiger partial charge in [-0.2, -0.15) is 0 Å². The Morgan fingerprint density at radius 3 is 2.64 bits per heavy atom. The second-order valence-corrected chi connectivity index (χ2v) is 3.56. The van der Waals surface area contributed by atoms with Gasteiger partial charge in [0.2, 0.25) is 0 Å². The quantitative estimate of drug-likeness (QED) is 0.736. The van der Waals surface area contributed by atoms with Crippen molar-refractivity contribution in [2.24, 2.45) is 0 Å². The van der Waals surface area contributed by atoms with Gasteiger partial charge in [0.15, 0.2) is 0 Å². The molecule has 74 valence electrons. The normalized spacial score (nSPS) is 21.9. The van der Waals surface area contributed by atoms with Gasteiger partial charge in [0.1, 0.15) is 17.6 Å². The molecule has 0 aromatic heterocycles. The first kappa shape index (κ1) is 9.13. The van der Waals surface area contributed by atoms with E-state index in [0.29, 0.717) is 17.9 Å². The van der Waals surface area contributed by atoms with Crippen LogP contribution < -0.4 is 0 Å². The summed E-state index contributed by atoms with van der Waals surface area (Å²) in [6, 6.07) is 10.1. The lowest BCUT2D eigenvalue weighted by Crippen LogP contribution is -2.10. The van der Waals surface area contributed by atoms with Crippen LogP contribution in [0.3, 0.4) is 0 Å². The smallest absolute Gasteiger partial charge is 0.131 e. The predicted molar refractivity (Wildman–Crippen MR) is 54.8 cm³/mol. The van der Waals surface area contributed by atoms with Crippen molar-refractivity contribution in [2.45, 2.75) is 25.9 Å². The molecule has 1 aliphatic rings. The van der Waals surface area contributed by atoms with Crippen LogP contribution in [-0.2, 0) is 4.74 Å². The van der Waals surface area contributed by atoms with Gasteiger partial charge in [0.05, 0.1) is 0 Å². The van der Waals surface area contributed by atoms with Gasteiger partial charge in [-0.25, -0.2) is 0 Å². The number of rotatable bonds is 1. The Morgan fingerprint density at radius 1 is 1.29 bits per heavy atom. The number of benzene rings is 1. The topological polar surface area (TPSA) is 29.5 Å². The molecule has 0 unspecified atom stereocenters. The first-order valence-corrected chi connectivity index (χ1v) is 4.87. The van der Waals surface area contributed by atoms with E-state index in [4.69, 9.17) is 4.74 Å². The Labute approximate surface area is 83.8 Å². The molecule has 1 aliphatic heterocycles. The first-order valence-electron chi connectivity index (χ1n) is 4.87. The molecule has 0 spiro atoms. The molecule has 1 aromatic carbocycles. The fourth-order valence-corrected chi connectivity index (χ4v) is 1.69. The van der Waals surface area contributed by atoms with E-state index in [1.54, 1.807) is 0 Å². The average Bonchev–Trinajstić information content (AvgIpc) is 2.23. The second kappa shape index (κ2) is 3.74. The number of aliphatic hydroxyl groups is 1. The number of ether oxygens (including phenoxy) is 1. The zero-order chi connectivity index (χ0) is 9.97. The standard InChI is InChI=1S/C12H14O2/c1-9-11(13)7-8-12(14-9)10-5-3-2-4-6-10/h2-6,12-13H,7-8H2,1H3/t12-/m1/s1. The minimum absolute atomic E-state index is 0.104. The average molecular weight is 190 g/mol. The van der Waals surface area contributed by atoms with Crippen LogP contribution in [0.1, 0.15) is 31.4 Å². The van der Waals surface area contributed by atoms with Gasteiger partial charge < -0.3 is 9.84 Å². The highest BCUT2D eigenvalue weighted by Gasteiger charge is 2.20. The molecule has 0 saturated heterocycles. The Hall–Kier alpha value is -1.44. The van der Waals surface area contributed by atoms with Crippen molar-refractivity contribution in [1.82, 2.24) is 0 Å². The van der Waals surface area contributed by atoms with E-state index in [2.05, 4.69) is 12.1 Å². The number of aliphatic hydroxyl groups excluding tert-OH is 1. The van der Waals surface area contributed by atoms with Crippen LogP contribution in [0, 0.1) is 0 Å². The summed E-state index contributed by atoms with van der Waals surface area (Å²) < 4.78 is 5.61. The zero-order valence-corrected chi connectivity index (χ0v) is 8.23. The van der Waals surface area contributed by atoms with Gasteiger partial charge in [-0.15, -0.1) is 0 Å². The molecule has 1 heterocycles. The zero-order valence-electron chi connectivity index (χ0n) is 8.23. The van der Waals surface area contributed by atoms with Crippen LogP contribution in [0.25, 0.3) is 0 Å². The van der Waals surface area contributed by atoms with Crippen LogP contribution in [0.5, 0.6) is 0 Å². The summed E-state index contributed by atoms with van der Waals surface area (Å²) in [5.41, 5.74) is 1.18. The molecule has 14 heavy (non-hydrogen) atoms. The SMILES string of the molecule is CC1=C(O)CC[C@H](c2ccccc2)O1. The van der Waals surface area contributed by atoms with E-state index >= 15 is 0 Å². The molecule has 0 amide bonds. The van der Waals surface area contributed by atoms with E-state index in [-0.39, 0.29) is 6.10 Å². The largest absolute Gasteiger partial charge is 0.509 e. The van der Waals surface area contributed by atoms with Gasteiger partial charge >= 0.3 is 0 Å². The number of hydrogen-bond donors (Lipinski definition) is 1. The van der Waals surface area contributed by atoms with Crippen molar-refractivity contribution < 1.29 is 9.84 Å². The van der Waals surface area contributed by atoms with Gasteiger partial charge in [-0.3, -0.25) is 0 Å². The molecule has 2 heteroatoms. The predicted octanol–water partition coefficient (Wildman–Crippen LogP) is 3.33. The molecule has 1 N–H and O–H groups in total. The summed E-state index contributed by atoms with van der Waals surface area (Å²) in [4.78, 5) is 0. The maximum atomic E-state index is 9.40. The van der Waals surface area contributed by atoms with Crippen LogP contribution in [0.15, 0.2) is 41.9 Å². The fraction of sp³-hybridized carbons (Fsp3) is 0.333. The summed E-state index contributed by atoms with van der Waals surface area (Å²) in [7, 11) is 0. The van der Waals surface area contributed by atoms with Crippen molar-refractivity contribution in [3.05, 3.63) is 47.4 Å². The lowest BCUT2D eigenvalue weighted by atomic mass is 10.0. The highest BCUT2D eigenvalue weighted by molar-refractivity contribution is 5.19. The van der Waals surface area contributed by atoms with Gasteiger partial charge in [-0.05, 0) is 18.9 Å². The molecule has 1 atom stereocenters. The van der Waals surface area contributed by atoms with Crippen molar-refractivity contribution >= 4 is 0 Å². The number of allylic oxidation sites excluding steroid dienone is 2. The molecule has 1 aromatic rings. The molecule has 0 saturated carbocycles. The molecule has 0 radical (unpaired) electrons. The molecule has 0 fully saturated rings. The lowest BCUT2D eigenvalue weighted by Gasteiger charge is -2.24. The molecular weight excluding hydrogens is 176 g/mol. The van der Waals surface area contributed by atoms with Crippen LogP contribution in [0.2, 0.25) is 0 Å². The maximum Gasteiger partial charge on any atom is 0.131 e. The second-order valence-electron chi connectivity index (χ2n) is 3.56. The van der Waals surface area contributed by atoms with Crippen molar-refractivity contribution in [2.75, 3.05) is 0 Å². The maximum absolute atomic E-state index is 9.40. The van der Waals surface area contributed by atoms with E-state index in [9.17, 15) is 5.11 Å². The monoisotopic (exact) mass is 190 g/mol. The summed E-state index contributed by atoms with van der Waals surface area (Å²) in [5, 5.41) is 9.40. The summed E-state index contributed by atoms with van der Waals surface area (Å²) >= 11 is 0. The molecule has 0 bridgehead atoms. The van der Waals surface area contributed by atoms with Gasteiger partial charge in [0.25, 0.3) is 0 Å². The van der Waals surface area contributed by atoms with Crippen molar-refractivity contribution in [1.29, 1.82) is 0 Å². The molecule has 2 rings (SSSR count). The minimum atomic E-state index is 0.104. The summed E-state index contributed by atoms with van der Waals surface area (Å²) in [6.45, 7) is 1.81. The number of hydrogen-bond acceptors (Lipinski definition) is 2. The summed E-state index contributed by atoms with van der Waals surface area (Å²) in [6.07, 6.45) is 1.67. The van der Waals surface area contributed by atoms with E-state index in [0.717, 1.165) is 6.42 Å². The molecule has 2 nitrogen and oxygen atoms in total. The van der Waals surface area contributed by atoms with E-state index < -0.39 is 0 Å². The van der Waals surface area contributed by atoms with Gasteiger partial charge in [-0.1, -0.05) is 30.3 Å². The minimum Gasteiger partial charge on any atom is -0.509 e. The van der Waals surface area contributed by atoms with E-state index in [1.807, 2.05) is 25.1 Å². The van der Waals surface area contributed by atoms with Gasteiger partial charge in [0, 0.05) is 6.42 Å². The van der Waals surface area contributed by atoms with Crippen LogP contribution in [0.4, 0.5) is 0 Å². The first-order chi connectivity index (χ1) is 6.77. The third-order valence-electron chi connectivity index (χ3n) is 2.54. The fourth-order valence-electron chi connectivity index (χ4n) is 1.69. The Bertz CT molecular complexity index is 341. The lowest BCUT2D eigenvalue weighted by molar-refractivity contribution is 0.0729. The van der Waals surface area contributed by atoms with Crippen molar-refractivity contribution in [3.8, 4) is 0 Å². The summed E-state index contributed by atoms with van der Waals surface area (Å²) in [5.74, 6) is 1.04. The van der Waals surface area contributed by atoms with Crippen molar-refractivity contribution in [3.63, 3.8) is 0 Å². The molecule has 0 aliphatic carbocycles.